The molecule has 8 heteroatoms. The molecule has 5 rings (SSSR count). The first-order chi connectivity index (χ1) is 17.8. The number of piperidine rings is 1. The summed E-state index contributed by atoms with van der Waals surface area (Å²) in [5.41, 5.74) is 5.12. The molecule has 3 heterocycles. The number of nitrogens with one attached hydrogen (secondary N) is 1. The van der Waals surface area contributed by atoms with Crippen LogP contribution in [0.3, 0.4) is 0 Å². The van der Waals surface area contributed by atoms with Gasteiger partial charge in [-0.2, -0.15) is 5.10 Å². The molecule has 7 nitrogen and oxygen atoms in total. The first-order valence-electron chi connectivity index (χ1n) is 12.5. The number of amides is 2. The fourth-order valence-corrected chi connectivity index (χ4v) is 5.14. The van der Waals surface area contributed by atoms with Crippen molar-refractivity contribution in [3.63, 3.8) is 0 Å². The van der Waals surface area contributed by atoms with Crippen LogP contribution < -0.4 is 5.32 Å². The molecule has 0 saturated carbocycles. The van der Waals surface area contributed by atoms with Crippen LogP contribution in [0.25, 0.3) is 11.5 Å². The SMILES string of the molecule is Cc1cc(C)c(NC(=O)C2CCCN(C(=O)c3cnn(-c4ccc(F)cc4)c3-n3cccc3)C2)c(C)c1. The van der Waals surface area contributed by atoms with E-state index in [1.54, 1.807) is 27.9 Å². The topological polar surface area (TPSA) is 72.2 Å². The van der Waals surface area contributed by atoms with Gasteiger partial charge in [0.15, 0.2) is 5.82 Å². The number of hydrogen-bond donors (Lipinski definition) is 1. The van der Waals surface area contributed by atoms with Gasteiger partial charge in [-0.3, -0.25) is 9.59 Å². The van der Waals surface area contributed by atoms with Gasteiger partial charge in [0.2, 0.25) is 5.91 Å². The van der Waals surface area contributed by atoms with Gasteiger partial charge in [0.25, 0.3) is 5.91 Å². The summed E-state index contributed by atoms with van der Waals surface area (Å²) in [6.45, 7) is 6.93. The number of nitrogens with zero attached hydrogens (tertiary/aromatic N) is 4. The number of aryl methyl sites for hydroxylation is 3. The van der Waals surface area contributed by atoms with Gasteiger partial charge in [0.1, 0.15) is 11.4 Å². The molecule has 1 N–H and O–H groups in total. The number of benzene rings is 2. The molecule has 1 atom stereocenters. The summed E-state index contributed by atoms with van der Waals surface area (Å²) in [5, 5.41) is 7.58. The fourth-order valence-electron chi connectivity index (χ4n) is 5.14. The first kappa shape index (κ1) is 24.5. The Hall–Kier alpha value is -4.20. The van der Waals surface area contributed by atoms with Crippen molar-refractivity contribution in [1.82, 2.24) is 19.2 Å². The summed E-state index contributed by atoms with van der Waals surface area (Å²) < 4.78 is 17.0. The molecule has 0 aliphatic carbocycles. The Bertz CT molecular complexity index is 1420. The van der Waals surface area contributed by atoms with E-state index in [1.165, 1.54) is 12.1 Å². The van der Waals surface area contributed by atoms with E-state index in [0.717, 1.165) is 35.2 Å². The van der Waals surface area contributed by atoms with Crippen LogP contribution in [0.2, 0.25) is 0 Å². The second-order valence-electron chi connectivity index (χ2n) is 9.71. The minimum atomic E-state index is -0.344. The number of carbonyl (C=O) groups is 2. The zero-order valence-corrected chi connectivity index (χ0v) is 21.2. The predicted octanol–water partition coefficient (Wildman–Crippen LogP) is 5.22. The third-order valence-corrected chi connectivity index (χ3v) is 6.90. The molecule has 1 unspecified atom stereocenters. The number of aromatic nitrogens is 3. The van der Waals surface area contributed by atoms with Crippen LogP contribution in [0.15, 0.2) is 67.1 Å². The summed E-state index contributed by atoms with van der Waals surface area (Å²) in [6.07, 6.45) is 6.68. The maximum atomic E-state index is 13.8. The molecule has 1 fully saturated rings. The number of hydrogen-bond acceptors (Lipinski definition) is 3. The van der Waals surface area contributed by atoms with E-state index in [-0.39, 0.29) is 23.5 Å². The van der Waals surface area contributed by atoms with Gasteiger partial charge < -0.3 is 14.8 Å². The van der Waals surface area contributed by atoms with Crippen molar-refractivity contribution in [3.8, 4) is 11.5 Å². The molecular weight excluding hydrogens is 469 g/mol. The van der Waals surface area contributed by atoms with Crippen LogP contribution in [-0.4, -0.2) is 44.2 Å². The molecule has 1 aliphatic rings. The maximum absolute atomic E-state index is 13.8. The zero-order valence-electron chi connectivity index (χ0n) is 21.2. The smallest absolute Gasteiger partial charge is 0.259 e. The van der Waals surface area contributed by atoms with E-state index in [1.807, 2.05) is 49.9 Å². The lowest BCUT2D eigenvalue weighted by Gasteiger charge is -2.32. The molecule has 2 aromatic carbocycles. The second-order valence-corrected chi connectivity index (χ2v) is 9.71. The number of carbonyl (C=O) groups excluding carboxylic acids is 2. The van der Waals surface area contributed by atoms with Gasteiger partial charge in [-0.25, -0.2) is 9.07 Å². The van der Waals surface area contributed by atoms with Crippen molar-refractivity contribution in [2.45, 2.75) is 33.6 Å². The van der Waals surface area contributed by atoms with Crippen LogP contribution in [0, 0.1) is 32.5 Å². The van der Waals surface area contributed by atoms with Gasteiger partial charge >= 0.3 is 0 Å². The molecule has 0 spiro atoms. The predicted molar refractivity (Wildman–Crippen MR) is 141 cm³/mol. The standard InChI is InChI=1S/C29H30FN5O2/c1-19-15-20(2)26(21(3)16-19)32-27(36)22-7-6-14-34(18-22)29(37)25-17-31-35(24-10-8-23(30)9-11-24)28(25)33-12-4-5-13-33/h4-5,8-13,15-17,22H,6-7,14,18H2,1-3H3,(H,32,36). The third kappa shape index (κ3) is 4.91. The molecule has 190 valence electrons. The lowest BCUT2D eigenvalue weighted by atomic mass is 9.96. The molecule has 2 amide bonds. The maximum Gasteiger partial charge on any atom is 0.259 e. The number of halogens is 1. The highest BCUT2D eigenvalue weighted by Crippen LogP contribution is 2.27. The normalized spacial score (nSPS) is 15.6. The van der Waals surface area contributed by atoms with Crippen molar-refractivity contribution < 1.29 is 14.0 Å². The van der Waals surface area contributed by atoms with Crippen molar-refractivity contribution in [2.24, 2.45) is 5.92 Å². The van der Waals surface area contributed by atoms with Crippen LogP contribution in [-0.2, 0) is 4.79 Å². The highest BCUT2D eigenvalue weighted by molar-refractivity contribution is 5.99. The average molecular weight is 500 g/mol. The minimum absolute atomic E-state index is 0.0693. The number of anilines is 1. The van der Waals surface area contributed by atoms with Crippen molar-refractivity contribution in [2.75, 3.05) is 18.4 Å². The van der Waals surface area contributed by atoms with E-state index < -0.39 is 0 Å². The zero-order chi connectivity index (χ0) is 26.1. The van der Waals surface area contributed by atoms with E-state index in [0.29, 0.717) is 30.2 Å². The van der Waals surface area contributed by atoms with Gasteiger partial charge in [0, 0.05) is 31.2 Å². The first-order valence-corrected chi connectivity index (χ1v) is 12.5. The van der Waals surface area contributed by atoms with E-state index in [4.69, 9.17) is 0 Å². The van der Waals surface area contributed by atoms with Crippen molar-refractivity contribution >= 4 is 17.5 Å². The van der Waals surface area contributed by atoms with Crippen molar-refractivity contribution in [1.29, 1.82) is 0 Å². The van der Waals surface area contributed by atoms with Crippen molar-refractivity contribution in [3.05, 3.63) is 95.2 Å². The number of rotatable bonds is 5. The molecule has 4 aromatic rings. The number of likely N-dealkylation sites (tertiary alicyclic amines) is 1. The van der Waals surface area contributed by atoms with Gasteiger partial charge in [-0.05, 0) is 81.1 Å². The Labute approximate surface area is 215 Å². The summed E-state index contributed by atoms with van der Waals surface area (Å²) in [6, 6.07) is 13.8. The average Bonchev–Trinajstić information content (AvgIpc) is 3.56. The minimum Gasteiger partial charge on any atom is -0.338 e. The molecule has 37 heavy (non-hydrogen) atoms. The van der Waals surface area contributed by atoms with Gasteiger partial charge in [0.05, 0.1) is 17.8 Å². The quantitative estimate of drug-likeness (QED) is 0.409. The van der Waals surface area contributed by atoms with Gasteiger partial charge in [-0.15, -0.1) is 0 Å². The Morgan fingerprint density at radius 3 is 2.38 bits per heavy atom. The van der Waals surface area contributed by atoms with E-state index >= 15 is 0 Å². The Morgan fingerprint density at radius 1 is 1.03 bits per heavy atom. The summed E-state index contributed by atoms with van der Waals surface area (Å²) in [4.78, 5) is 28.7. The van der Waals surface area contributed by atoms with E-state index in [2.05, 4.69) is 22.5 Å². The van der Waals surface area contributed by atoms with Crippen LogP contribution in [0.4, 0.5) is 10.1 Å². The molecular formula is C29H30FN5O2. The summed E-state index contributed by atoms with van der Waals surface area (Å²) in [5.74, 6) is -0.333. The Morgan fingerprint density at radius 2 is 1.70 bits per heavy atom. The Balaban J connectivity index is 1.40. The third-order valence-electron chi connectivity index (χ3n) is 6.90. The molecule has 0 radical (unpaired) electrons. The lowest BCUT2D eigenvalue weighted by molar-refractivity contribution is -0.121. The van der Waals surface area contributed by atoms with E-state index in [9.17, 15) is 14.0 Å². The van der Waals surface area contributed by atoms with Gasteiger partial charge in [-0.1, -0.05) is 17.7 Å². The largest absolute Gasteiger partial charge is 0.338 e. The fraction of sp³-hybridized carbons (Fsp3) is 0.276. The Kier molecular flexibility index (Phi) is 6.65. The monoisotopic (exact) mass is 499 g/mol. The summed E-state index contributed by atoms with van der Waals surface area (Å²) >= 11 is 0. The highest BCUT2D eigenvalue weighted by atomic mass is 19.1. The molecule has 0 bridgehead atoms. The van der Waals surface area contributed by atoms with Crippen LogP contribution in [0.5, 0.6) is 0 Å². The molecule has 2 aromatic heterocycles. The van der Waals surface area contributed by atoms with Crippen LogP contribution in [0.1, 0.15) is 39.9 Å². The lowest BCUT2D eigenvalue weighted by Crippen LogP contribution is -2.44. The molecule has 1 saturated heterocycles. The molecule has 1 aliphatic heterocycles. The summed E-state index contributed by atoms with van der Waals surface area (Å²) in [7, 11) is 0. The second kappa shape index (κ2) is 10.0. The van der Waals surface area contributed by atoms with Crippen LogP contribution >= 0.6 is 0 Å². The highest BCUT2D eigenvalue weighted by Gasteiger charge is 2.32.